The van der Waals surface area contributed by atoms with E-state index in [4.69, 9.17) is 16.0 Å². The number of hydrogen-bond donors (Lipinski definition) is 0. The van der Waals surface area contributed by atoms with Crippen molar-refractivity contribution in [3.8, 4) is 11.5 Å². The number of hydrogen-bond acceptors (Lipinski definition) is 6. The van der Waals surface area contributed by atoms with Gasteiger partial charge < -0.3 is 14.2 Å². The van der Waals surface area contributed by atoms with Crippen molar-refractivity contribution in [2.24, 2.45) is 0 Å². The summed E-state index contributed by atoms with van der Waals surface area (Å²) in [6, 6.07) is 12.3. The molecule has 6 nitrogen and oxygen atoms in total. The largest absolute Gasteiger partial charge is 0.416 e. The van der Waals surface area contributed by atoms with Crippen LogP contribution >= 0.6 is 23.4 Å². The van der Waals surface area contributed by atoms with Gasteiger partial charge in [0.2, 0.25) is 11.8 Å². The van der Waals surface area contributed by atoms with Crippen molar-refractivity contribution >= 4 is 35.0 Å². The van der Waals surface area contributed by atoms with Gasteiger partial charge in [0.05, 0.1) is 11.3 Å². The second-order valence-corrected chi connectivity index (χ2v) is 8.45. The highest BCUT2D eigenvalue weighted by atomic mass is 35.5. The first-order chi connectivity index (χ1) is 15.3. The third-order valence-corrected chi connectivity index (χ3v) is 6.01. The van der Waals surface area contributed by atoms with Gasteiger partial charge in [-0.25, -0.2) is 0 Å². The molecule has 32 heavy (non-hydrogen) atoms. The molecule has 0 saturated carbocycles. The Kier molecular flexibility index (Phi) is 6.61. The maximum Gasteiger partial charge on any atom is 0.416 e. The summed E-state index contributed by atoms with van der Waals surface area (Å²) in [6.07, 6.45) is -4.38. The van der Waals surface area contributed by atoms with Crippen LogP contribution in [0.5, 0.6) is 0 Å². The first-order valence-corrected chi connectivity index (χ1v) is 11.1. The van der Waals surface area contributed by atoms with Gasteiger partial charge >= 0.3 is 6.18 Å². The number of carbonyl (C=O) groups excluding carboxylic acids is 1. The van der Waals surface area contributed by atoms with E-state index in [0.717, 1.165) is 23.9 Å². The quantitative estimate of drug-likeness (QED) is 0.484. The van der Waals surface area contributed by atoms with Crippen molar-refractivity contribution in [1.82, 2.24) is 15.1 Å². The van der Waals surface area contributed by atoms with E-state index in [9.17, 15) is 18.0 Å². The van der Waals surface area contributed by atoms with E-state index in [-0.39, 0.29) is 16.9 Å². The molecule has 1 aliphatic rings. The zero-order chi connectivity index (χ0) is 22.7. The summed E-state index contributed by atoms with van der Waals surface area (Å²) in [5.41, 5.74) is 0.510. The van der Waals surface area contributed by atoms with Gasteiger partial charge in [-0.15, -0.1) is 10.2 Å². The molecule has 1 aliphatic heterocycles. The Balaban J connectivity index is 1.29. The fourth-order valence-electron chi connectivity index (χ4n) is 3.31. The SMILES string of the molecule is O=C(CSc1nnc(-c2cccc(Cl)c2)o1)N1CCN(c2cccc(C(F)(F)F)c2)CC1. The highest BCUT2D eigenvalue weighted by Crippen LogP contribution is 2.32. The maximum absolute atomic E-state index is 12.9. The van der Waals surface area contributed by atoms with Crippen LogP contribution in [0.15, 0.2) is 58.2 Å². The van der Waals surface area contributed by atoms with Crippen molar-refractivity contribution in [2.75, 3.05) is 36.8 Å². The number of benzene rings is 2. The molecular weight excluding hydrogens is 465 g/mol. The molecule has 3 aromatic rings. The summed E-state index contributed by atoms with van der Waals surface area (Å²) >= 11 is 7.11. The zero-order valence-corrected chi connectivity index (χ0v) is 18.3. The van der Waals surface area contributed by atoms with Crippen LogP contribution in [0.1, 0.15) is 5.56 Å². The second kappa shape index (κ2) is 9.41. The highest BCUT2D eigenvalue weighted by Gasteiger charge is 2.31. The zero-order valence-electron chi connectivity index (χ0n) is 16.7. The van der Waals surface area contributed by atoms with E-state index in [2.05, 4.69) is 10.2 Å². The Morgan fingerprint density at radius 1 is 1.06 bits per heavy atom. The molecule has 0 radical (unpaired) electrons. The molecule has 0 N–H and O–H groups in total. The first-order valence-electron chi connectivity index (χ1n) is 9.72. The average molecular weight is 483 g/mol. The third-order valence-electron chi connectivity index (χ3n) is 4.97. The first kappa shape index (κ1) is 22.5. The van der Waals surface area contributed by atoms with Gasteiger partial charge in [-0.2, -0.15) is 13.2 Å². The van der Waals surface area contributed by atoms with Crippen LogP contribution in [0.4, 0.5) is 18.9 Å². The second-order valence-electron chi connectivity index (χ2n) is 7.09. The molecule has 1 fully saturated rings. The number of alkyl halides is 3. The molecule has 1 aromatic heterocycles. The summed E-state index contributed by atoms with van der Waals surface area (Å²) in [6.45, 7) is 1.76. The summed E-state index contributed by atoms with van der Waals surface area (Å²) in [5.74, 6) is 0.346. The van der Waals surface area contributed by atoms with Gasteiger partial charge in [-0.3, -0.25) is 4.79 Å². The molecule has 0 atom stereocenters. The van der Waals surface area contributed by atoms with E-state index < -0.39 is 11.7 Å². The van der Waals surface area contributed by atoms with Crippen molar-refractivity contribution in [2.45, 2.75) is 11.4 Å². The number of rotatable bonds is 5. The van der Waals surface area contributed by atoms with Gasteiger partial charge in [-0.05, 0) is 36.4 Å². The number of nitrogens with zero attached hydrogens (tertiary/aromatic N) is 4. The normalized spacial score (nSPS) is 14.6. The number of thioether (sulfide) groups is 1. The molecule has 1 amide bonds. The molecule has 1 saturated heterocycles. The van der Waals surface area contributed by atoms with E-state index >= 15 is 0 Å². The van der Waals surface area contributed by atoms with Crippen LogP contribution in [0.25, 0.3) is 11.5 Å². The lowest BCUT2D eigenvalue weighted by atomic mass is 10.1. The molecule has 0 unspecified atom stereocenters. The van der Waals surface area contributed by atoms with Gasteiger partial charge in [-0.1, -0.05) is 35.5 Å². The number of carbonyl (C=O) groups is 1. The molecule has 168 valence electrons. The topological polar surface area (TPSA) is 62.5 Å². The van der Waals surface area contributed by atoms with Crippen molar-refractivity contribution < 1.29 is 22.4 Å². The molecule has 4 rings (SSSR count). The lowest BCUT2D eigenvalue weighted by Gasteiger charge is -2.36. The maximum atomic E-state index is 12.9. The fourth-order valence-corrected chi connectivity index (χ4v) is 4.17. The van der Waals surface area contributed by atoms with Gasteiger partial charge in [0.1, 0.15) is 0 Å². The Morgan fingerprint density at radius 2 is 1.81 bits per heavy atom. The molecule has 0 aliphatic carbocycles. The number of halogens is 4. The molecule has 2 heterocycles. The van der Waals surface area contributed by atoms with Crippen LogP contribution in [-0.4, -0.2) is 52.9 Å². The molecular formula is C21H18ClF3N4O2S. The Labute approximate surface area is 191 Å². The minimum absolute atomic E-state index is 0.0961. The predicted octanol–water partition coefficient (Wildman–Crippen LogP) is 4.85. The minimum atomic E-state index is -4.38. The summed E-state index contributed by atoms with van der Waals surface area (Å²) in [7, 11) is 0. The number of anilines is 1. The van der Waals surface area contributed by atoms with Gasteiger partial charge in [0, 0.05) is 42.5 Å². The molecule has 0 spiro atoms. The van der Waals surface area contributed by atoms with Crippen LogP contribution < -0.4 is 4.90 Å². The number of aromatic nitrogens is 2. The average Bonchev–Trinajstić information content (AvgIpc) is 3.26. The summed E-state index contributed by atoms with van der Waals surface area (Å²) in [5, 5.41) is 8.75. The van der Waals surface area contributed by atoms with Crippen LogP contribution in [0.2, 0.25) is 5.02 Å². The molecule has 11 heteroatoms. The van der Waals surface area contributed by atoms with Crippen molar-refractivity contribution in [1.29, 1.82) is 0 Å². The third kappa shape index (κ3) is 5.36. The minimum Gasteiger partial charge on any atom is -0.411 e. The molecule has 0 bridgehead atoms. The highest BCUT2D eigenvalue weighted by molar-refractivity contribution is 7.99. The summed E-state index contributed by atoms with van der Waals surface area (Å²) in [4.78, 5) is 16.1. The standard InChI is InChI=1S/C21H18ClF3N4O2S/c22-16-5-1-3-14(11-16)19-26-27-20(31-19)32-13-18(30)29-9-7-28(8-10-29)17-6-2-4-15(12-17)21(23,24)25/h1-6,11-12H,7-10,13H2. The Bertz CT molecular complexity index is 1100. The van der Waals surface area contributed by atoms with E-state index in [1.807, 2.05) is 4.90 Å². The van der Waals surface area contributed by atoms with Gasteiger partial charge in [0.25, 0.3) is 5.22 Å². The van der Waals surface area contributed by atoms with Crippen LogP contribution in [-0.2, 0) is 11.0 Å². The Hall–Kier alpha value is -2.72. The van der Waals surface area contributed by atoms with Gasteiger partial charge in [0.15, 0.2) is 0 Å². The van der Waals surface area contributed by atoms with E-state index in [0.29, 0.717) is 48.3 Å². The van der Waals surface area contributed by atoms with E-state index in [1.54, 1.807) is 35.2 Å². The lowest BCUT2D eigenvalue weighted by molar-refractivity contribution is -0.137. The van der Waals surface area contributed by atoms with E-state index in [1.165, 1.54) is 6.07 Å². The fraction of sp³-hybridized carbons (Fsp3) is 0.286. The van der Waals surface area contributed by atoms with Crippen LogP contribution in [0.3, 0.4) is 0 Å². The lowest BCUT2D eigenvalue weighted by Crippen LogP contribution is -2.49. The summed E-state index contributed by atoms with van der Waals surface area (Å²) < 4.78 is 44.4. The predicted molar refractivity (Wildman–Crippen MR) is 116 cm³/mol. The van der Waals surface area contributed by atoms with Crippen molar-refractivity contribution in [3.05, 3.63) is 59.1 Å². The van der Waals surface area contributed by atoms with Crippen molar-refractivity contribution in [3.63, 3.8) is 0 Å². The smallest absolute Gasteiger partial charge is 0.411 e. The number of amides is 1. The monoisotopic (exact) mass is 482 g/mol. The van der Waals surface area contributed by atoms with Crippen LogP contribution in [0, 0.1) is 0 Å². The molecule has 2 aromatic carbocycles. The Morgan fingerprint density at radius 3 is 2.53 bits per heavy atom. The number of piperazine rings is 1.